The lowest BCUT2D eigenvalue weighted by molar-refractivity contribution is -0.274. The Morgan fingerprint density at radius 2 is 1.41 bits per heavy atom. The summed E-state index contributed by atoms with van der Waals surface area (Å²) in [6.45, 7) is 0. The van der Waals surface area contributed by atoms with Crippen LogP contribution in [0, 0.1) is 23.7 Å². The van der Waals surface area contributed by atoms with Gasteiger partial charge in [-0.2, -0.15) is 0 Å². The molecule has 2 heterocycles. The molecule has 59 heavy (non-hydrogen) atoms. The van der Waals surface area contributed by atoms with E-state index < -0.39 is 76.5 Å². The van der Waals surface area contributed by atoms with E-state index in [4.69, 9.17) is 11.6 Å². The van der Waals surface area contributed by atoms with Crippen LogP contribution in [0.25, 0.3) is 0 Å². The topological polar surface area (TPSA) is 121 Å². The Morgan fingerprint density at radius 1 is 0.729 bits per heavy atom. The van der Waals surface area contributed by atoms with Crippen molar-refractivity contribution in [1.82, 2.24) is 0 Å². The van der Waals surface area contributed by atoms with E-state index in [2.05, 4.69) is 4.74 Å². The van der Waals surface area contributed by atoms with Crippen LogP contribution in [0.4, 0.5) is 24.5 Å². The molecule has 13 heteroatoms. The molecule has 1 saturated carbocycles. The average molecular weight is 817 g/mol. The number of carbonyl (C=O) groups is 5. The summed E-state index contributed by atoms with van der Waals surface area (Å²) in [5.41, 5.74) is 0.0168. The third kappa shape index (κ3) is 6.04. The predicted octanol–water partition coefficient (Wildman–Crippen LogP) is 8.54. The molecule has 9 nitrogen and oxygen atoms in total. The number of ketones is 1. The fraction of sp³-hybridized carbons (Fsp3) is 0.196. The van der Waals surface area contributed by atoms with Gasteiger partial charge in [0.15, 0.2) is 5.78 Å². The number of amides is 4. The molecular formula is C46H32ClF3N2O7. The molecule has 6 unspecified atom stereocenters. The predicted molar refractivity (Wildman–Crippen MR) is 210 cm³/mol. The number of carbonyl (C=O) groups excluding carboxylic acids is 5. The van der Waals surface area contributed by atoms with Gasteiger partial charge < -0.3 is 9.84 Å². The maximum Gasteiger partial charge on any atom is 0.573 e. The average Bonchev–Trinajstić information content (AvgIpc) is 3.62. The van der Waals surface area contributed by atoms with Crippen molar-refractivity contribution in [3.63, 3.8) is 0 Å². The summed E-state index contributed by atoms with van der Waals surface area (Å²) in [6, 6.07) is 32.3. The van der Waals surface area contributed by atoms with Gasteiger partial charge >= 0.3 is 6.36 Å². The smallest absolute Gasteiger partial charge is 0.508 e. The van der Waals surface area contributed by atoms with Crippen molar-refractivity contribution in [2.45, 2.75) is 30.5 Å². The Morgan fingerprint density at radius 3 is 2.08 bits per heavy atom. The van der Waals surface area contributed by atoms with Crippen LogP contribution in [-0.2, 0) is 24.6 Å². The highest BCUT2D eigenvalue weighted by Gasteiger charge is 2.70. The van der Waals surface area contributed by atoms with E-state index in [-0.39, 0.29) is 40.6 Å². The number of hydrogen-bond donors (Lipinski definition) is 1. The quantitative estimate of drug-likeness (QED) is 0.0993. The van der Waals surface area contributed by atoms with Gasteiger partial charge in [-0.1, -0.05) is 90.0 Å². The SMILES string of the molecule is O=C(c1ccccc1)c1ccc(N2C(=O)C3CC=C4C(CC5C(=O)N(c6cccc(Cl)c6)C(=O)C5(c5ccccc5)C4c4cc(OC(F)(F)F)ccc4O)C3C2=O)cc1. The van der Waals surface area contributed by atoms with Crippen LogP contribution in [-0.4, -0.2) is 40.9 Å². The van der Waals surface area contributed by atoms with Crippen LogP contribution in [0.2, 0.25) is 5.02 Å². The van der Waals surface area contributed by atoms with E-state index in [0.717, 1.165) is 28.0 Å². The van der Waals surface area contributed by atoms with Crippen molar-refractivity contribution in [3.05, 3.63) is 166 Å². The second-order valence-corrected chi connectivity index (χ2v) is 15.6. The van der Waals surface area contributed by atoms with Crippen LogP contribution in [0.3, 0.4) is 0 Å². The number of ether oxygens (including phenoxy) is 1. The number of phenols is 1. The van der Waals surface area contributed by atoms with Gasteiger partial charge in [-0.15, -0.1) is 13.2 Å². The zero-order valence-electron chi connectivity index (χ0n) is 30.8. The number of rotatable bonds is 7. The van der Waals surface area contributed by atoms with Crippen LogP contribution in [0.15, 0.2) is 139 Å². The van der Waals surface area contributed by atoms with E-state index in [1.54, 1.807) is 84.9 Å². The molecule has 4 amide bonds. The van der Waals surface area contributed by atoms with E-state index in [1.807, 2.05) is 0 Å². The summed E-state index contributed by atoms with van der Waals surface area (Å²) in [6.07, 6.45) is -3.44. The number of anilines is 2. The fourth-order valence-electron chi connectivity index (χ4n) is 9.82. The van der Waals surface area contributed by atoms with Gasteiger partial charge in [0.1, 0.15) is 11.5 Å². The summed E-state index contributed by atoms with van der Waals surface area (Å²) in [4.78, 5) is 74.6. The van der Waals surface area contributed by atoms with E-state index in [0.29, 0.717) is 22.3 Å². The monoisotopic (exact) mass is 816 g/mol. The lowest BCUT2D eigenvalue weighted by Gasteiger charge is -2.50. The number of aromatic hydroxyl groups is 1. The number of phenolic OH excluding ortho intramolecular Hbond substituents is 1. The summed E-state index contributed by atoms with van der Waals surface area (Å²) in [5.74, 6) is -9.11. The molecule has 0 radical (unpaired) electrons. The van der Waals surface area contributed by atoms with Gasteiger partial charge in [0.25, 0.3) is 0 Å². The molecule has 5 aromatic rings. The Labute approximate surface area is 340 Å². The van der Waals surface area contributed by atoms with Crippen LogP contribution in [0.1, 0.15) is 45.8 Å². The molecule has 0 spiro atoms. The molecule has 2 saturated heterocycles. The maximum absolute atomic E-state index is 15.4. The molecule has 4 aliphatic rings. The highest BCUT2D eigenvalue weighted by atomic mass is 35.5. The minimum atomic E-state index is -5.10. The molecule has 5 aromatic carbocycles. The number of nitrogens with zero attached hydrogens (tertiary/aromatic N) is 2. The number of allylic oxidation sites excluding steroid dienone is 2. The van der Waals surface area contributed by atoms with Gasteiger partial charge in [0.2, 0.25) is 23.6 Å². The minimum Gasteiger partial charge on any atom is -0.508 e. The first kappa shape index (κ1) is 38.0. The highest BCUT2D eigenvalue weighted by Crippen LogP contribution is 2.65. The van der Waals surface area contributed by atoms with Gasteiger partial charge in [-0.3, -0.25) is 28.9 Å². The molecular weight excluding hydrogens is 785 g/mol. The van der Waals surface area contributed by atoms with Gasteiger partial charge in [0, 0.05) is 27.6 Å². The molecule has 0 bridgehead atoms. The van der Waals surface area contributed by atoms with Crippen LogP contribution in [0.5, 0.6) is 11.5 Å². The Bertz CT molecular complexity index is 2600. The zero-order chi connectivity index (χ0) is 41.4. The number of benzene rings is 5. The maximum atomic E-state index is 15.4. The third-order valence-corrected chi connectivity index (χ3v) is 12.4. The second-order valence-electron chi connectivity index (χ2n) is 15.1. The van der Waals surface area contributed by atoms with Crippen LogP contribution >= 0.6 is 11.6 Å². The number of alkyl halides is 3. The second kappa shape index (κ2) is 14.1. The van der Waals surface area contributed by atoms with Gasteiger partial charge in [-0.25, -0.2) is 4.90 Å². The van der Waals surface area contributed by atoms with Crippen molar-refractivity contribution in [3.8, 4) is 11.5 Å². The van der Waals surface area contributed by atoms with Crippen LogP contribution < -0.4 is 14.5 Å². The van der Waals surface area contributed by atoms with Gasteiger partial charge in [-0.05, 0) is 85.0 Å². The Hall–Kier alpha value is -6.53. The molecule has 0 aromatic heterocycles. The normalized spacial score (nSPS) is 25.0. The van der Waals surface area contributed by atoms with Crippen molar-refractivity contribution < 1.29 is 47.0 Å². The molecule has 2 aliphatic carbocycles. The minimum absolute atomic E-state index is 0.0217. The van der Waals surface area contributed by atoms with Crippen molar-refractivity contribution in [2.24, 2.45) is 23.7 Å². The first-order chi connectivity index (χ1) is 28.3. The number of fused-ring (bicyclic) bond motifs is 4. The largest absolute Gasteiger partial charge is 0.573 e. The van der Waals surface area contributed by atoms with E-state index >= 15 is 4.79 Å². The van der Waals surface area contributed by atoms with E-state index in [1.165, 1.54) is 30.3 Å². The van der Waals surface area contributed by atoms with Crippen molar-refractivity contribution >= 4 is 52.4 Å². The first-order valence-corrected chi connectivity index (χ1v) is 19.2. The Kier molecular flexibility index (Phi) is 9.08. The van der Waals surface area contributed by atoms with Gasteiger partial charge in [0.05, 0.1) is 34.5 Å². The number of imide groups is 2. The molecule has 6 atom stereocenters. The molecule has 1 N–H and O–H groups in total. The summed E-state index contributed by atoms with van der Waals surface area (Å²) < 4.78 is 45.3. The number of halogens is 4. The molecule has 296 valence electrons. The molecule has 2 aliphatic heterocycles. The summed E-state index contributed by atoms with van der Waals surface area (Å²) >= 11 is 6.36. The number of hydrogen-bond acceptors (Lipinski definition) is 7. The lowest BCUT2D eigenvalue weighted by atomic mass is 9.49. The van der Waals surface area contributed by atoms with Crippen molar-refractivity contribution in [2.75, 3.05) is 9.80 Å². The lowest BCUT2D eigenvalue weighted by Crippen LogP contribution is -2.53. The highest BCUT2D eigenvalue weighted by molar-refractivity contribution is 6.32. The van der Waals surface area contributed by atoms with E-state index in [9.17, 15) is 37.5 Å². The standard InChI is InChI=1S/C46H32ClF3N2O7/c47-28-12-7-13-30(22-28)52-42(56)36-24-34-32(39(45(36,44(52)58)27-10-5-2-6-11-27)35-23-31(18-21-37(35)53)59-46(48,49)50)19-20-33-38(34)43(57)51(41(33)55)29-16-14-26(15-17-29)40(54)25-8-3-1-4-9-25/h1-19,21-23,33-34,36,38-39,53H,20,24H2. The van der Waals surface area contributed by atoms with Crippen molar-refractivity contribution in [1.29, 1.82) is 0 Å². The third-order valence-electron chi connectivity index (χ3n) is 12.1. The zero-order valence-corrected chi connectivity index (χ0v) is 31.6. The Balaban J connectivity index is 1.19. The fourth-order valence-corrected chi connectivity index (χ4v) is 10.0. The molecule has 3 fully saturated rings. The summed E-state index contributed by atoms with van der Waals surface area (Å²) in [7, 11) is 0. The molecule has 9 rings (SSSR count). The first-order valence-electron chi connectivity index (χ1n) is 18.8. The summed E-state index contributed by atoms with van der Waals surface area (Å²) in [5, 5.41) is 11.8.